The van der Waals surface area contributed by atoms with Crippen LogP contribution in [-0.2, 0) is 26.0 Å². The maximum Gasteiger partial charge on any atom is 0.410 e. The normalized spacial score (nSPS) is 21.9. The Kier molecular flexibility index (Phi) is 6.68. The maximum absolute atomic E-state index is 13.1. The van der Waals surface area contributed by atoms with Gasteiger partial charge in [-0.3, -0.25) is 9.10 Å². The number of nitrogens with zero attached hydrogens (tertiary/aromatic N) is 2. The van der Waals surface area contributed by atoms with Crippen LogP contribution in [0, 0.1) is 5.92 Å². The van der Waals surface area contributed by atoms with E-state index in [1.165, 1.54) is 4.31 Å². The van der Waals surface area contributed by atoms with Crippen molar-refractivity contribution in [1.82, 2.24) is 10.2 Å². The highest BCUT2D eigenvalue weighted by atomic mass is 32.2. The monoisotopic (exact) mass is 525 g/mol. The van der Waals surface area contributed by atoms with Gasteiger partial charge in [-0.2, -0.15) is 0 Å². The number of hydrogen-bond acceptors (Lipinski definition) is 5. The lowest BCUT2D eigenvalue weighted by atomic mass is 9.96. The van der Waals surface area contributed by atoms with E-state index >= 15 is 0 Å². The molecule has 3 aliphatic rings. The summed E-state index contributed by atoms with van der Waals surface area (Å²) in [6.07, 6.45) is 2.50. The number of hydrogen-bond donors (Lipinski definition) is 1. The van der Waals surface area contributed by atoms with Crippen molar-refractivity contribution >= 4 is 27.7 Å². The first-order valence-corrected chi connectivity index (χ1v) is 14.5. The number of anilines is 1. The Labute approximate surface area is 219 Å². The van der Waals surface area contributed by atoms with Gasteiger partial charge in [-0.25, -0.2) is 13.2 Å². The highest BCUT2D eigenvalue weighted by molar-refractivity contribution is 7.92. The minimum Gasteiger partial charge on any atom is -0.444 e. The van der Waals surface area contributed by atoms with Crippen LogP contribution in [-0.4, -0.2) is 56.6 Å². The van der Waals surface area contributed by atoms with E-state index < -0.39 is 15.6 Å². The van der Waals surface area contributed by atoms with Gasteiger partial charge in [0.05, 0.1) is 10.6 Å². The van der Waals surface area contributed by atoms with Gasteiger partial charge in [-0.1, -0.05) is 30.3 Å². The summed E-state index contributed by atoms with van der Waals surface area (Å²) in [6.45, 7) is 7.02. The second-order valence-electron chi connectivity index (χ2n) is 11.2. The van der Waals surface area contributed by atoms with Gasteiger partial charge in [0.1, 0.15) is 5.60 Å². The van der Waals surface area contributed by atoms with E-state index in [1.807, 2.05) is 32.9 Å². The van der Waals surface area contributed by atoms with Crippen LogP contribution >= 0.6 is 0 Å². The number of rotatable bonds is 5. The molecule has 2 aromatic carbocycles. The van der Waals surface area contributed by atoms with Gasteiger partial charge in [0.15, 0.2) is 0 Å². The van der Waals surface area contributed by atoms with Crippen molar-refractivity contribution < 1.29 is 22.7 Å². The van der Waals surface area contributed by atoms with Crippen molar-refractivity contribution in [3.05, 3.63) is 59.7 Å². The van der Waals surface area contributed by atoms with E-state index in [9.17, 15) is 18.0 Å². The highest BCUT2D eigenvalue weighted by Gasteiger charge is 2.42. The quantitative estimate of drug-likeness (QED) is 0.635. The number of piperidine rings is 1. The van der Waals surface area contributed by atoms with Gasteiger partial charge in [-0.05, 0) is 75.8 Å². The number of carbonyl (C=O) groups excluding carboxylic acids is 2. The van der Waals surface area contributed by atoms with Crippen LogP contribution in [0.15, 0.2) is 53.4 Å². The lowest BCUT2D eigenvalue weighted by Gasteiger charge is -2.33. The van der Waals surface area contributed by atoms with Gasteiger partial charge >= 0.3 is 6.09 Å². The fourth-order valence-corrected chi connectivity index (χ4v) is 6.79. The fourth-order valence-electron chi connectivity index (χ4n) is 5.27. The third kappa shape index (κ3) is 5.46. The highest BCUT2D eigenvalue weighted by Crippen LogP contribution is 2.44. The van der Waals surface area contributed by atoms with Crippen LogP contribution in [0.1, 0.15) is 57.1 Å². The van der Waals surface area contributed by atoms with Crippen LogP contribution in [0.3, 0.4) is 0 Å². The average molecular weight is 526 g/mol. The fraction of sp³-hybridized carbons (Fsp3) is 0.500. The molecule has 2 heterocycles. The van der Waals surface area contributed by atoms with Crippen molar-refractivity contribution in [3.8, 4) is 0 Å². The smallest absolute Gasteiger partial charge is 0.410 e. The first kappa shape index (κ1) is 25.6. The summed E-state index contributed by atoms with van der Waals surface area (Å²) in [5, 5.41) is 3.20. The van der Waals surface area contributed by atoms with Crippen molar-refractivity contribution in [2.75, 3.05) is 23.9 Å². The van der Waals surface area contributed by atoms with Crippen molar-refractivity contribution in [3.63, 3.8) is 0 Å². The zero-order chi connectivity index (χ0) is 26.4. The summed E-state index contributed by atoms with van der Waals surface area (Å²) in [4.78, 5) is 27.1. The van der Waals surface area contributed by atoms with Gasteiger partial charge in [0.25, 0.3) is 10.0 Å². The van der Waals surface area contributed by atoms with Crippen LogP contribution in [0.5, 0.6) is 0 Å². The molecule has 0 bridgehead atoms. The molecule has 198 valence electrons. The molecule has 1 saturated heterocycles. The minimum atomic E-state index is -3.58. The number of carbonyl (C=O) groups is 2. The number of benzene rings is 2. The Bertz CT molecular complexity index is 1280. The predicted molar refractivity (Wildman–Crippen MR) is 141 cm³/mol. The Morgan fingerprint density at radius 2 is 1.70 bits per heavy atom. The minimum absolute atomic E-state index is 0.0534. The first-order chi connectivity index (χ1) is 17.5. The molecule has 8 nitrogen and oxygen atoms in total. The molecule has 5 rings (SSSR count). The summed E-state index contributed by atoms with van der Waals surface area (Å²) in [5.74, 6) is 0.199. The van der Waals surface area contributed by atoms with Crippen LogP contribution < -0.4 is 9.62 Å². The summed E-state index contributed by atoms with van der Waals surface area (Å²) in [7, 11) is -3.58. The third-order valence-electron chi connectivity index (χ3n) is 7.35. The lowest BCUT2D eigenvalue weighted by molar-refractivity contribution is -0.126. The molecule has 9 heteroatoms. The lowest BCUT2D eigenvalue weighted by Crippen LogP contribution is -2.45. The van der Waals surface area contributed by atoms with Gasteiger partial charge < -0.3 is 15.0 Å². The predicted octanol–water partition coefficient (Wildman–Crippen LogP) is 4.06. The molecule has 2 aliphatic heterocycles. The largest absolute Gasteiger partial charge is 0.444 e. The molecule has 2 unspecified atom stereocenters. The van der Waals surface area contributed by atoms with E-state index in [2.05, 4.69) is 11.4 Å². The molecule has 2 atom stereocenters. The number of sulfonamides is 1. The zero-order valence-electron chi connectivity index (χ0n) is 21.6. The number of fused-ring (bicyclic) bond motifs is 1. The summed E-state index contributed by atoms with van der Waals surface area (Å²) in [5.41, 5.74) is 2.38. The second kappa shape index (κ2) is 9.67. The SMILES string of the molecule is CC(C)(C)OC(=O)N1CCC(C(=O)NC2CC2c2ccc3c(c2)CCN3S(=O)(=O)c2ccccc2)CC1. The summed E-state index contributed by atoms with van der Waals surface area (Å²) in [6, 6.07) is 14.6. The van der Waals surface area contributed by atoms with Gasteiger partial charge in [-0.15, -0.1) is 0 Å². The summed E-state index contributed by atoms with van der Waals surface area (Å²) < 4.78 is 33.2. The van der Waals surface area contributed by atoms with Crippen LogP contribution in [0.25, 0.3) is 0 Å². The summed E-state index contributed by atoms with van der Waals surface area (Å²) >= 11 is 0. The first-order valence-electron chi connectivity index (χ1n) is 13.0. The van der Waals surface area contributed by atoms with E-state index in [1.54, 1.807) is 35.2 Å². The topological polar surface area (TPSA) is 96.0 Å². The molecule has 1 aliphatic carbocycles. The Morgan fingerprint density at radius 1 is 1.00 bits per heavy atom. The maximum atomic E-state index is 13.1. The Hall–Kier alpha value is -3.07. The molecular weight excluding hydrogens is 490 g/mol. The Morgan fingerprint density at radius 3 is 2.38 bits per heavy atom. The Balaban J connectivity index is 1.15. The molecule has 2 amide bonds. The standard InChI is InChI=1S/C28H35N3O5S/c1-28(2,3)36-27(33)30-14-11-19(12-15-30)26(32)29-24-18-23(24)20-9-10-25-21(17-20)13-16-31(25)37(34,35)22-7-5-4-6-8-22/h4-10,17,19,23-24H,11-16,18H2,1-3H3,(H,29,32). The molecular formula is C28H35N3O5S. The van der Waals surface area contributed by atoms with Crippen molar-refractivity contribution in [1.29, 1.82) is 0 Å². The van der Waals surface area contributed by atoms with Crippen molar-refractivity contribution in [2.45, 2.75) is 68.9 Å². The van der Waals surface area contributed by atoms with Gasteiger partial charge in [0, 0.05) is 37.5 Å². The molecule has 37 heavy (non-hydrogen) atoms. The van der Waals surface area contributed by atoms with Crippen molar-refractivity contribution in [2.24, 2.45) is 5.92 Å². The van der Waals surface area contributed by atoms with Crippen LogP contribution in [0.4, 0.5) is 10.5 Å². The van der Waals surface area contributed by atoms with E-state index in [4.69, 9.17) is 4.74 Å². The molecule has 0 spiro atoms. The van der Waals surface area contributed by atoms with E-state index in [0.717, 1.165) is 23.2 Å². The number of ether oxygens (including phenoxy) is 1. The number of amides is 2. The van der Waals surface area contributed by atoms with E-state index in [-0.39, 0.29) is 29.9 Å². The molecule has 0 aromatic heterocycles. The van der Waals surface area contributed by atoms with Gasteiger partial charge in [0.2, 0.25) is 5.91 Å². The molecule has 2 fully saturated rings. The van der Waals surface area contributed by atoms with E-state index in [0.29, 0.717) is 43.8 Å². The number of nitrogens with one attached hydrogen (secondary N) is 1. The molecule has 1 saturated carbocycles. The van der Waals surface area contributed by atoms with Crippen LogP contribution in [0.2, 0.25) is 0 Å². The molecule has 1 N–H and O–H groups in total. The zero-order valence-corrected chi connectivity index (χ0v) is 22.5. The number of likely N-dealkylation sites (tertiary alicyclic amines) is 1. The molecule has 2 aromatic rings. The molecule has 0 radical (unpaired) electrons. The third-order valence-corrected chi connectivity index (χ3v) is 9.18. The average Bonchev–Trinajstić information content (AvgIpc) is 3.49. The second-order valence-corrected chi connectivity index (χ2v) is 13.1.